The van der Waals surface area contributed by atoms with Crippen molar-refractivity contribution in [2.24, 2.45) is 51.5 Å². The molecule has 42 heavy (non-hydrogen) atoms. The van der Waals surface area contributed by atoms with E-state index < -0.39 is 24.3 Å². The van der Waals surface area contributed by atoms with Crippen molar-refractivity contribution in [3.63, 3.8) is 0 Å². The number of carbonyl (C=O) groups is 2. The standard InChI is InChI=1S/C33H57FN6O2/c1-3-33(2)14-11-24(34)19-37-27(18-33)29(30(35)36)31(41)39-28-20-38-26(22-7-5-4-6-8-22)17-25(28)21-12-15-40(16-13-21)32(42)23-9-10-23/h19,21-30,38H,3-18,20,35-36H2,1-2H3,(H,39,41)/b37-19-. The molecule has 8 nitrogen and oxygen atoms in total. The number of nitrogens with one attached hydrogen (secondary N) is 2. The number of halogens is 1. The van der Waals surface area contributed by atoms with Crippen LogP contribution in [0.5, 0.6) is 0 Å². The number of aliphatic imine (C=N–C) groups is 1. The Morgan fingerprint density at radius 1 is 1.07 bits per heavy atom. The second-order valence-corrected chi connectivity index (χ2v) is 14.8. The van der Waals surface area contributed by atoms with Crippen LogP contribution in [0.1, 0.15) is 104 Å². The lowest BCUT2D eigenvalue weighted by atomic mass is 9.70. The lowest BCUT2D eigenvalue weighted by molar-refractivity contribution is -0.134. The van der Waals surface area contributed by atoms with Crippen molar-refractivity contribution in [1.82, 2.24) is 15.5 Å². The molecule has 238 valence electrons. The summed E-state index contributed by atoms with van der Waals surface area (Å²) in [6.45, 7) is 6.67. The molecule has 2 saturated carbocycles. The number of nitrogens with two attached hydrogens (primary N) is 2. The van der Waals surface area contributed by atoms with Gasteiger partial charge in [0.2, 0.25) is 11.8 Å². The summed E-state index contributed by atoms with van der Waals surface area (Å²) in [7, 11) is 0. The van der Waals surface area contributed by atoms with Crippen LogP contribution < -0.4 is 22.1 Å². The molecule has 4 fully saturated rings. The fourth-order valence-electron chi connectivity index (χ4n) is 8.53. The topological polar surface area (TPSA) is 126 Å². The zero-order valence-electron chi connectivity index (χ0n) is 26.1. The van der Waals surface area contributed by atoms with E-state index in [9.17, 15) is 14.0 Å². The smallest absolute Gasteiger partial charge is 0.228 e. The van der Waals surface area contributed by atoms with E-state index >= 15 is 0 Å². The third kappa shape index (κ3) is 7.73. The highest BCUT2D eigenvalue weighted by Gasteiger charge is 2.44. The third-order valence-corrected chi connectivity index (χ3v) is 11.7. The van der Waals surface area contributed by atoms with Gasteiger partial charge in [-0.05, 0) is 87.4 Å². The SMILES string of the molecule is CCC1(C)CCC(F)/C=N\C(C(C(=O)NC2CNC(C3CCCCC3)CC2C2CCN(C(=O)C3CC3)CC2)C(N)N)C1. The van der Waals surface area contributed by atoms with Crippen LogP contribution in [0.25, 0.3) is 0 Å². The van der Waals surface area contributed by atoms with Crippen LogP contribution in [-0.2, 0) is 9.59 Å². The molecule has 7 atom stereocenters. The molecule has 7 unspecified atom stereocenters. The van der Waals surface area contributed by atoms with Crippen molar-refractivity contribution in [3.05, 3.63) is 0 Å². The Balaban J connectivity index is 1.30. The maximum Gasteiger partial charge on any atom is 0.228 e. The molecule has 2 aliphatic carbocycles. The Kier molecular flexibility index (Phi) is 10.6. The first kappa shape index (κ1) is 31.8. The molecule has 0 aromatic heterocycles. The number of hydrogen-bond acceptors (Lipinski definition) is 6. The first-order valence-electron chi connectivity index (χ1n) is 17.2. The fourth-order valence-corrected chi connectivity index (χ4v) is 8.53. The number of amides is 2. The summed E-state index contributed by atoms with van der Waals surface area (Å²) in [5, 5.41) is 7.25. The highest BCUT2D eigenvalue weighted by molar-refractivity contribution is 5.81. The Labute approximate surface area is 252 Å². The summed E-state index contributed by atoms with van der Waals surface area (Å²) >= 11 is 0. The molecular formula is C33H57FN6O2. The molecule has 3 heterocycles. The first-order valence-corrected chi connectivity index (χ1v) is 17.2. The molecule has 2 amide bonds. The van der Waals surface area contributed by atoms with Crippen LogP contribution >= 0.6 is 0 Å². The molecule has 0 radical (unpaired) electrons. The van der Waals surface area contributed by atoms with Crippen LogP contribution in [0.4, 0.5) is 4.39 Å². The molecule has 9 heteroatoms. The monoisotopic (exact) mass is 588 g/mol. The molecule has 5 aliphatic rings. The molecule has 2 saturated heterocycles. The summed E-state index contributed by atoms with van der Waals surface area (Å²) in [5.41, 5.74) is 12.5. The summed E-state index contributed by atoms with van der Waals surface area (Å²) < 4.78 is 14.5. The minimum Gasteiger partial charge on any atom is -0.351 e. The molecule has 5 rings (SSSR count). The van der Waals surface area contributed by atoms with Gasteiger partial charge in [0.1, 0.15) is 6.17 Å². The summed E-state index contributed by atoms with van der Waals surface area (Å²) in [4.78, 5) is 33.5. The van der Waals surface area contributed by atoms with Crippen molar-refractivity contribution in [1.29, 1.82) is 0 Å². The zero-order chi connectivity index (χ0) is 29.9. The number of likely N-dealkylation sites (tertiary alicyclic amines) is 1. The molecular weight excluding hydrogens is 531 g/mol. The van der Waals surface area contributed by atoms with Crippen molar-refractivity contribution in [2.75, 3.05) is 19.6 Å². The molecule has 0 spiro atoms. The quantitative estimate of drug-likeness (QED) is 0.320. The van der Waals surface area contributed by atoms with E-state index in [2.05, 4.69) is 34.4 Å². The molecule has 0 bridgehead atoms. The van der Waals surface area contributed by atoms with Gasteiger partial charge in [-0.3, -0.25) is 14.6 Å². The Morgan fingerprint density at radius 2 is 1.79 bits per heavy atom. The van der Waals surface area contributed by atoms with Crippen molar-refractivity contribution >= 4 is 18.0 Å². The van der Waals surface area contributed by atoms with Gasteiger partial charge in [0, 0.05) is 43.9 Å². The maximum atomic E-state index is 14.5. The summed E-state index contributed by atoms with van der Waals surface area (Å²) in [6, 6.07) is -0.00227. The average Bonchev–Trinajstić information content (AvgIpc) is 3.84. The van der Waals surface area contributed by atoms with Crippen LogP contribution in [0.3, 0.4) is 0 Å². The van der Waals surface area contributed by atoms with Gasteiger partial charge in [0.05, 0.1) is 18.1 Å². The number of carbonyl (C=O) groups excluding carboxylic acids is 2. The van der Waals surface area contributed by atoms with E-state index in [0.29, 0.717) is 42.5 Å². The van der Waals surface area contributed by atoms with Crippen LogP contribution in [0.2, 0.25) is 0 Å². The van der Waals surface area contributed by atoms with Gasteiger partial charge < -0.3 is 27.0 Å². The molecule has 6 N–H and O–H groups in total. The number of nitrogens with zero attached hydrogens (tertiary/aromatic N) is 2. The Hall–Kier alpha value is -1.58. The first-order chi connectivity index (χ1) is 20.2. The predicted octanol–water partition coefficient (Wildman–Crippen LogP) is 3.92. The van der Waals surface area contributed by atoms with Gasteiger partial charge in [-0.25, -0.2) is 4.39 Å². The minimum atomic E-state index is -1.11. The van der Waals surface area contributed by atoms with E-state index in [1.54, 1.807) is 0 Å². The van der Waals surface area contributed by atoms with Gasteiger partial charge in [0.25, 0.3) is 0 Å². The van der Waals surface area contributed by atoms with E-state index in [4.69, 9.17) is 11.5 Å². The van der Waals surface area contributed by atoms with E-state index in [1.807, 2.05) is 0 Å². The number of alkyl halides is 1. The Morgan fingerprint density at radius 3 is 2.43 bits per heavy atom. The van der Waals surface area contributed by atoms with E-state index in [0.717, 1.165) is 64.6 Å². The molecule has 0 aromatic carbocycles. The van der Waals surface area contributed by atoms with Crippen molar-refractivity contribution in [3.8, 4) is 0 Å². The second kappa shape index (κ2) is 14.0. The Bertz CT molecular complexity index is 945. The lowest BCUT2D eigenvalue weighted by Gasteiger charge is -2.47. The third-order valence-electron chi connectivity index (χ3n) is 11.7. The minimum absolute atomic E-state index is 0.0294. The second-order valence-electron chi connectivity index (χ2n) is 14.8. The van der Waals surface area contributed by atoms with Crippen LogP contribution in [-0.4, -0.2) is 73.0 Å². The molecule has 0 aromatic rings. The largest absolute Gasteiger partial charge is 0.351 e. The number of piperidine rings is 2. The van der Waals surface area contributed by atoms with Gasteiger partial charge in [0.15, 0.2) is 0 Å². The normalized spacial score (nSPS) is 37.1. The zero-order valence-corrected chi connectivity index (χ0v) is 26.1. The lowest BCUT2D eigenvalue weighted by Crippen LogP contribution is -2.62. The highest BCUT2D eigenvalue weighted by atomic mass is 19.1. The van der Waals surface area contributed by atoms with Gasteiger partial charge in [-0.1, -0.05) is 39.5 Å². The van der Waals surface area contributed by atoms with E-state index in [-0.39, 0.29) is 23.3 Å². The van der Waals surface area contributed by atoms with Crippen LogP contribution in [0, 0.1) is 35.0 Å². The number of rotatable bonds is 8. The van der Waals surface area contributed by atoms with Gasteiger partial charge >= 0.3 is 0 Å². The average molecular weight is 589 g/mol. The summed E-state index contributed by atoms with van der Waals surface area (Å²) in [5.74, 6) is 1.24. The van der Waals surface area contributed by atoms with Crippen molar-refractivity contribution in [2.45, 2.75) is 134 Å². The van der Waals surface area contributed by atoms with Crippen molar-refractivity contribution < 1.29 is 14.0 Å². The van der Waals surface area contributed by atoms with E-state index in [1.165, 1.54) is 38.3 Å². The molecule has 3 aliphatic heterocycles. The number of hydrogen-bond donors (Lipinski definition) is 4. The summed E-state index contributed by atoms with van der Waals surface area (Å²) in [6.07, 6.45) is 13.8. The van der Waals surface area contributed by atoms with Gasteiger partial charge in [-0.15, -0.1) is 0 Å². The predicted molar refractivity (Wildman–Crippen MR) is 166 cm³/mol. The fraction of sp³-hybridized carbons (Fsp3) is 0.909. The maximum absolute atomic E-state index is 14.5. The van der Waals surface area contributed by atoms with Crippen LogP contribution in [0.15, 0.2) is 4.99 Å². The van der Waals surface area contributed by atoms with Gasteiger partial charge in [-0.2, -0.15) is 0 Å². The highest BCUT2D eigenvalue weighted by Crippen LogP contribution is 2.40.